The van der Waals surface area contributed by atoms with Crippen LogP contribution in [-0.2, 0) is 17.5 Å². The molecule has 2 atom stereocenters. The second-order valence-electron chi connectivity index (χ2n) is 7.75. The van der Waals surface area contributed by atoms with Gasteiger partial charge in [0.15, 0.2) is 23.2 Å². The summed E-state index contributed by atoms with van der Waals surface area (Å²) in [6, 6.07) is 2.35. The number of amides is 1. The molecule has 2 bridgehead atoms. The van der Waals surface area contributed by atoms with Gasteiger partial charge in [0.2, 0.25) is 0 Å². The highest BCUT2D eigenvalue weighted by molar-refractivity contribution is 5.95. The molecule has 0 saturated carbocycles. The zero-order chi connectivity index (χ0) is 24.2. The van der Waals surface area contributed by atoms with Crippen molar-refractivity contribution in [1.29, 1.82) is 0 Å². The Bertz CT molecular complexity index is 1280. The molecule has 1 fully saturated rings. The summed E-state index contributed by atoms with van der Waals surface area (Å²) in [4.78, 5) is 18.5. The summed E-state index contributed by atoms with van der Waals surface area (Å²) < 4.78 is 81.1. The summed E-state index contributed by atoms with van der Waals surface area (Å²) in [5, 5.41) is 8.11. The number of alkyl halides is 3. The maximum Gasteiger partial charge on any atom is 0.419 e. The first-order chi connectivity index (χ1) is 16.2. The highest BCUT2D eigenvalue weighted by Crippen LogP contribution is 2.38. The smallest absolute Gasteiger partial charge is 0.419 e. The number of fused-ring (bicyclic) bond motifs is 4. The molecule has 0 aliphatic carbocycles. The Kier molecular flexibility index (Phi) is 5.23. The van der Waals surface area contributed by atoms with E-state index >= 15 is 0 Å². The number of pyridine rings is 1. The zero-order valence-corrected chi connectivity index (χ0v) is 17.5. The highest BCUT2D eigenvalue weighted by atomic mass is 19.4. The molecule has 13 heteroatoms. The zero-order valence-electron chi connectivity index (χ0n) is 17.5. The minimum absolute atomic E-state index is 0.0356. The minimum Gasteiger partial charge on any atom is -0.494 e. The van der Waals surface area contributed by atoms with Gasteiger partial charge in [-0.3, -0.25) is 4.79 Å². The largest absolute Gasteiger partial charge is 0.494 e. The van der Waals surface area contributed by atoms with Crippen molar-refractivity contribution in [1.82, 2.24) is 24.6 Å². The number of halogens is 5. The Morgan fingerprint density at radius 2 is 1.94 bits per heavy atom. The molecular formula is C21H16F5N5O3. The molecule has 2 aromatic heterocycles. The Labute approximate surface area is 188 Å². The third-order valence-electron chi connectivity index (χ3n) is 5.84. The van der Waals surface area contributed by atoms with E-state index < -0.39 is 46.9 Å². The molecule has 2 unspecified atom stereocenters. The van der Waals surface area contributed by atoms with Gasteiger partial charge in [0, 0.05) is 18.8 Å². The first-order valence-electron chi connectivity index (χ1n) is 10.1. The lowest BCUT2D eigenvalue weighted by Gasteiger charge is -2.45. The van der Waals surface area contributed by atoms with E-state index in [4.69, 9.17) is 9.47 Å². The van der Waals surface area contributed by atoms with E-state index in [0.717, 1.165) is 12.1 Å². The minimum atomic E-state index is -4.95. The van der Waals surface area contributed by atoms with Gasteiger partial charge in [-0.15, -0.1) is 10.2 Å². The van der Waals surface area contributed by atoms with E-state index in [0.29, 0.717) is 6.07 Å². The number of ether oxygens (including phenoxy) is 2. The Morgan fingerprint density at radius 3 is 2.68 bits per heavy atom. The molecule has 5 rings (SSSR count). The number of benzene rings is 1. The molecule has 2 aliphatic heterocycles. The standard InChI is InChI=1S/C21H16F5N5O3/c1-33-14-5-6-27-17(16(14)23)19-29-28-18-13-9-34-8-10(7-30(18)19)31(13)20(32)11-3-2-4-12(15(11)22)21(24,25)26/h2-6,10,13H,7-9H2,1H3. The van der Waals surface area contributed by atoms with Crippen LogP contribution in [0.1, 0.15) is 27.8 Å². The summed E-state index contributed by atoms with van der Waals surface area (Å²) in [5.41, 5.74) is -2.34. The summed E-state index contributed by atoms with van der Waals surface area (Å²) in [6.07, 6.45) is -3.61. The predicted octanol–water partition coefficient (Wildman–Crippen LogP) is 3.24. The van der Waals surface area contributed by atoms with Gasteiger partial charge >= 0.3 is 6.18 Å². The number of methoxy groups -OCH3 is 1. The Hall–Kier alpha value is -3.61. The van der Waals surface area contributed by atoms with Crippen molar-refractivity contribution in [2.75, 3.05) is 20.3 Å². The number of carbonyl (C=O) groups excluding carboxylic acids is 1. The fraction of sp³-hybridized carbons (Fsp3) is 0.333. The first kappa shape index (κ1) is 22.2. The molecule has 0 radical (unpaired) electrons. The SMILES string of the molecule is COc1ccnc(-c2nnc3n2CC2COCC3N2C(=O)c2cccc(C(F)(F)F)c2F)c1F. The average molecular weight is 481 g/mol. The van der Waals surface area contributed by atoms with Crippen molar-refractivity contribution in [2.24, 2.45) is 0 Å². The van der Waals surface area contributed by atoms with Crippen LogP contribution in [-0.4, -0.2) is 56.9 Å². The second-order valence-corrected chi connectivity index (χ2v) is 7.75. The van der Waals surface area contributed by atoms with Gasteiger partial charge < -0.3 is 18.9 Å². The number of rotatable bonds is 3. The van der Waals surface area contributed by atoms with Crippen LogP contribution in [0, 0.1) is 11.6 Å². The fourth-order valence-corrected chi connectivity index (χ4v) is 4.30. The van der Waals surface area contributed by atoms with Crippen molar-refractivity contribution >= 4 is 5.91 Å². The van der Waals surface area contributed by atoms with Crippen LogP contribution >= 0.6 is 0 Å². The molecule has 2 aliphatic rings. The maximum atomic E-state index is 14.8. The van der Waals surface area contributed by atoms with Crippen molar-refractivity contribution in [3.63, 3.8) is 0 Å². The van der Waals surface area contributed by atoms with Crippen molar-refractivity contribution in [3.05, 3.63) is 59.0 Å². The lowest BCUT2D eigenvalue weighted by Crippen LogP contribution is -2.56. The molecule has 4 heterocycles. The van der Waals surface area contributed by atoms with Crippen molar-refractivity contribution < 1.29 is 36.2 Å². The third kappa shape index (κ3) is 3.38. The van der Waals surface area contributed by atoms with Crippen LogP contribution in [0.2, 0.25) is 0 Å². The average Bonchev–Trinajstić information content (AvgIpc) is 3.21. The van der Waals surface area contributed by atoms with E-state index in [9.17, 15) is 26.7 Å². The molecule has 34 heavy (non-hydrogen) atoms. The number of hydrogen-bond acceptors (Lipinski definition) is 6. The van der Waals surface area contributed by atoms with E-state index in [1.165, 1.54) is 24.3 Å². The number of hydrogen-bond donors (Lipinski definition) is 0. The Morgan fingerprint density at radius 1 is 1.15 bits per heavy atom. The van der Waals surface area contributed by atoms with Crippen LogP contribution in [0.5, 0.6) is 5.75 Å². The van der Waals surface area contributed by atoms with Crippen LogP contribution in [0.4, 0.5) is 22.0 Å². The molecule has 1 aromatic carbocycles. The molecule has 1 amide bonds. The quantitative estimate of drug-likeness (QED) is 0.535. The van der Waals surface area contributed by atoms with E-state index in [-0.39, 0.29) is 42.9 Å². The van der Waals surface area contributed by atoms with Gasteiger partial charge in [-0.1, -0.05) is 6.07 Å². The van der Waals surface area contributed by atoms with E-state index in [1.54, 1.807) is 4.57 Å². The lowest BCUT2D eigenvalue weighted by molar-refractivity contribution is -0.140. The molecule has 8 nitrogen and oxygen atoms in total. The third-order valence-corrected chi connectivity index (χ3v) is 5.84. The van der Waals surface area contributed by atoms with Crippen LogP contribution in [0.3, 0.4) is 0 Å². The molecule has 3 aromatic rings. The van der Waals surface area contributed by atoms with Gasteiger partial charge in [0.1, 0.15) is 17.6 Å². The number of carbonyl (C=O) groups is 1. The van der Waals surface area contributed by atoms with Gasteiger partial charge in [-0.2, -0.15) is 13.2 Å². The summed E-state index contributed by atoms with van der Waals surface area (Å²) in [5.74, 6) is -3.04. The summed E-state index contributed by atoms with van der Waals surface area (Å²) >= 11 is 0. The van der Waals surface area contributed by atoms with Crippen LogP contribution in [0.25, 0.3) is 11.5 Å². The molecule has 0 N–H and O–H groups in total. The van der Waals surface area contributed by atoms with Crippen LogP contribution < -0.4 is 4.74 Å². The normalized spacial score (nSPS) is 19.6. The van der Waals surface area contributed by atoms with Crippen molar-refractivity contribution in [2.45, 2.75) is 24.8 Å². The molecular weight excluding hydrogens is 465 g/mol. The first-order valence-corrected chi connectivity index (χ1v) is 10.1. The maximum absolute atomic E-state index is 14.8. The lowest BCUT2D eigenvalue weighted by atomic mass is 10.0. The summed E-state index contributed by atoms with van der Waals surface area (Å²) in [7, 11) is 1.31. The van der Waals surface area contributed by atoms with Gasteiger partial charge in [-0.05, 0) is 12.1 Å². The fourth-order valence-electron chi connectivity index (χ4n) is 4.30. The van der Waals surface area contributed by atoms with E-state index in [1.807, 2.05) is 0 Å². The molecule has 178 valence electrons. The molecule has 0 spiro atoms. The highest BCUT2D eigenvalue weighted by Gasteiger charge is 2.45. The predicted molar refractivity (Wildman–Crippen MR) is 105 cm³/mol. The second kappa shape index (κ2) is 8.01. The number of nitrogens with zero attached hydrogens (tertiary/aromatic N) is 5. The molecule has 1 saturated heterocycles. The van der Waals surface area contributed by atoms with E-state index in [2.05, 4.69) is 15.2 Å². The summed E-state index contributed by atoms with van der Waals surface area (Å²) in [6.45, 7) is 0.0295. The van der Waals surface area contributed by atoms with Gasteiger partial charge in [0.25, 0.3) is 5.91 Å². The number of morpholine rings is 1. The van der Waals surface area contributed by atoms with Crippen LogP contribution in [0.15, 0.2) is 30.5 Å². The van der Waals surface area contributed by atoms with Gasteiger partial charge in [-0.25, -0.2) is 13.8 Å². The van der Waals surface area contributed by atoms with Crippen molar-refractivity contribution in [3.8, 4) is 17.3 Å². The Balaban J connectivity index is 1.55. The topological polar surface area (TPSA) is 82.4 Å². The van der Waals surface area contributed by atoms with Gasteiger partial charge in [0.05, 0.1) is 37.5 Å². The monoisotopic (exact) mass is 481 g/mol. The number of aromatic nitrogens is 4.